The Kier molecular flexibility index (Phi) is 4.61. The van der Waals surface area contributed by atoms with Crippen molar-refractivity contribution in [3.63, 3.8) is 0 Å². The predicted molar refractivity (Wildman–Crippen MR) is 93.3 cm³/mol. The molecule has 0 saturated carbocycles. The zero-order valence-corrected chi connectivity index (χ0v) is 14.5. The Morgan fingerprint density at radius 3 is 2.83 bits per heavy atom. The Balaban J connectivity index is 1.73. The van der Waals surface area contributed by atoms with E-state index in [-0.39, 0.29) is 5.91 Å². The molecule has 0 atom stereocenters. The van der Waals surface area contributed by atoms with Crippen LogP contribution in [0, 0.1) is 13.8 Å². The summed E-state index contributed by atoms with van der Waals surface area (Å²) in [6.45, 7) is 4.36. The number of nitrogens with one attached hydrogen (secondary N) is 2. The van der Waals surface area contributed by atoms with Crippen LogP contribution in [0.15, 0.2) is 30.3 Å². The van der Waals surface area contributed by atoms with Gasteiger partial charge in [0.25, 0.3) is 5.91 Å². The SMILES string of the molecule is COc1ccccc1-c1cc(C(=O)NCc2sc(C)nc2C)[nH]n1. The van der Waals surface area contributed by atoms with E-state index in [0.717, 1.165) is 21.1 Å². The molecule has 3 aromatic rings. The number of nitrogens with zero attached hydrogens (tertiary/aromatic N) is 2. The number of carbonyl (C=O) groups excluding carboxylic acids is 1. The monoisotopic (exact) mass is 342 g/mol. The second-order valence-electron chi connectivity index (χ2n) is 5.29. The molecule has 24 heavy (non-hydrogen) atoms. The van der Waals surface area contributed by atoms with Crippen LogP contribution >= 0.6 is 11.3 Å². The van der Waals surface area contributed by atoms with Crippen LogP contribution in [0.1, 0.15) is 26.1 Å². The maximum Gasteiger partial charge on any atom is 0.269 e. The summed E-state index contributed by atoms with van der Waals surface area (Å²) in [7, 11) is 1.61. The molecule has 2 N–H and O–H groups in total. The van der Waals surface area contributed by atoms with Crippen molar-refractivity contribution in [2.45, 2.75) is 20.4 Å². The number of carbonyl (C=O) groups is 1. The number of H-pyrrole nitrogens is 1. The van der Waals surface area contributed by atoms with Crippen molar-refractivity contribution in [1.29, 1.82) is 0 Å². The van der Waals surface area contributed by atoms with Gasteiger partial charge in [0.2, 0.25) is 0 Å². The van der Waals surface area contributed by atoms with Gasteiger partial charge in [0.15, 0.2) is 0 Å². The lowest BCUT2D eigenvalue weighted by atomic mass is 10.1. The normalized spacial score (nSPS) is 10.6. The first kappa shape index (κ1) is 16.2. The standard InChI is InChI=1S/C17H18N4O2S/c1-10-16(24-11(2)19-10)9-18-17(22)14-8-13(20-21-14)12-6-4-5-7-15(12)23-3/h4-8H,9H2,1-3H3,(H,18,22)(H,20,21). The lowest BCUT2D eigenvalue weighted by Gasteiger charge is -2.04. The second kappa shape index (κ2) is 6.84. The molecule has 1 aromatic carbocycles. The first-order valence-corrected chi connectivity index (χ1v) is 8.30. The van der Waals surface area contributed by atoms with Crippen molar-refractivity contribution < 1.29 is 9.53 Å². The van der Waals surface area contributed by atoms with Crippen LogP contribution in [-0.4, -0.2) is 28.2 Å². The highest BCUT2D eigenvalue weighted by Crippen LogP contribution is 2.28. The minimum Gasteiger partial charge on any atom is -0.496 e. The molecule has 124 valence electrons. The lowest BCUT2D eigenvalue weighted by molar-refractivity contribution is 0.0946. The van der Waals surface area contributed by atoms with Crippen molar-refractivity contribution in [3.8, 4) is 17.0 Å². The number of aryl methyl sites for hydroxylation is 2. The molecule has 0 spiro atoms. The van der Waals surface area contributed by atoms with Crippen LogP contribution in [0.5, 0.6) is 5.75 Å². The molecule has 2 heterocycles. The fourth-order valence-corrected chi connectivity index (χ4v) is 3.30. The number of aromatic amines is 1. The number of thiazole rings is 1. The molecule has 0 unspecified atom stereocenters. The number of benzene rings is 1. The van der Waals surface area contributed by atoms with Gasteiger partial charge < -0.3 is 10.1 Å². The van der Waals surface area contributed by atoms with Crippen molar-refractivity contribution in [2.24, 2.45) is 0 Å². The quantitative estimate of drug-likeness (QED) is 0.747. The van der Waals surface area contributed by atoms with E-state index in [1.165, 1.54) is 0 Å². The fraction of sp³-hybridized carbons (Fsp3) is 0.235. The summed E-state index contributed by atoms with van der Waals surface area (Å²) in [6, 6.07) is 9.28. The van der Waals surface area contributed by atoms with Crippen LogP contribution in [-0.2, 0) is 6.54 Å². The summed E-state index contributed by atoms with van der Waals surface area (Å²) in [4.78, 5) is 17.7. The zero-order chi connectivity index (χ0) is 17.1. The van der Waals surface area contributed by atoms with Gasteiger partial charge in [-0.2, -0.15) is 5.10 Å². The molecule has 0 fully saturated rings. The number of para-hydroxylation sites is 1. The van der Waals surface area contributed by atoms with Crippen molar-refractivity contribution >= 4 is 17.2 Å². The highest BCUT2D eigenvalue weighted by atomic mass is 32.1. The van der Waals surface area contributed by atoms with Gasteiger partial charge in [-0.1, -0.05) is 12.1 Å². The topological polar surface area (TPSA) is 79.9 Å². The van der Waals surface area contributed by atoms with Gasteiger partial charge in [0, 0.05) is 10.4 Å². The number of rotatable bonds is 5. The first-order valence-electron chi connectivity index (χ1n) is 7.48. The molecular formula is C17H18N4O2S. The van der Waals surface area contributed by atoms with E-state index < -0.39 is 0 Å². The van der Waals surface area contributed by atoms with Crippen LogP contribution < -0.4 is 10.1 Å². The number of aromatic nitrogens is 3. The largest absolute Gasteiger partial charge is 0.496 e. The van der Waals surface area contributed by atoms with Gasteiger partial charge >= 0.3 is 0 Å². The van der Waals surface area contributed by atoms with Gasteiger partial charge in [-0.3, -0.25) is 9.89 Å². The van der Waals surface area contributed by atoms with E-state index in [1.54, 1.807) is 24.5 Å². The first-order chi connectivity index (χ1) is 11.6. The summed E-state index contributed by atoms with van der Waals surface area (Å²) in [6.07, 6.45) is 0. The average Bonchev–Trinajstić information content (AvgIpc) is 3.19. The van der Waals surface area contributed by atoms with Gasteiger partial charge in [0.1, 0.15) is 11.4 Å². The van der Waals surface area contributed by atoms with E-state index in [9.17, 15) is 4.79 Å². The molecule has 0 aliphatic carbocycles. The van der Waals surface area contributed by atoms with Gasteiger partial charge in [-0.15, -0.1) is 11.3 Å². The molecule has 0 aliphatic heterocycles. The summed E-state index contributed by atoms with van der Waals surface area (Å²) in [5.41, 5.74) is 2.87. The molecule has 6 nitrogen and oxygen atoms in total. The molecule has 2 aromatic heterocycles. The Hall–Kier alpha value is -2.67. The van der Waals surface area contributed by atoms with Crippen LogP contribution in [0.2, 0.25) is 0 Å². The summed E-state index contributed by atoms with van der Waals surface area (Å²) in [5.74, 6) is 0.515. The maximum atomic E-state index is 12.3. The van der Waals surface area contributed by atoms with Crippen molar-refractivity contribution in [1.82, 2.24) is 20.5 Å². The minimum absolute atomic E-state index is 0.200. The van der Waals surface area contributed by atoms with Gasteiger partial charge in [0.05, 0.1) is 30.1 Å². The third-order valence-electron chi connectivity index (χ3n) is 3.61. The highest BCUT2D eigenvalue weighted by molar-refractivity contribution is 7.11. The molecule has 7 heteroatoms. The van der Waals surface area contributed by atoms with Crippen LogP contribution in [0.3, 0.4) is 0 Å². The van der Waals surface area contributed by atoms with E-state index in [1.807, 2.05) is 38.1 Å². The zero-order valence-electron chi connectivity index (χ0n) is 13.7. The number of hydrogen-bond acceptors (Lipinski definition) is 5. The number of amides is 1. The van der Waals surface area contributed by atoms with Crippen molar-refractivity contribution in [2.75, 3.05) is 7.11 Å². The summed E-state index contributed by atoms with van der Waals surface area (Å²) in [5, 5.41) is 10.9. The van der Waals surface area contributed by atoms with E-state index >= 15 is 0 Å². The number of hydrogen-bond donors (Lipinski definition) is 2. The fourth-order valence-electron chi connectivity index (χ4n) is 2.43. The number of ether oxygens (including phenoxy) is 1. The predicted octanol–water partition coefficient (Wildman–Crippen LogP) is 3.09. The summed E-state index contributed by atoms with van der Waals surface area (Å²) < 4.78 is 5.33. The smallest absolute Gasteiger partial charge is 0.269 e. The lowest BCUT2D eigenvalue weighted by Crippen LogP contribution is -2.23. The Labute approximate surface area is 143 Å². The molecular weight excluding hydrogens is 324 g/mol. The van der Waals surface area contributed by atoms with E-state index in [2.05, 4.69) is 20.5 Å². The highest BCUT2D eigenvalue weighted by Gasteiger charge is 2.14. The maximum absolute atomic E-state index is 12.3. The molecule has 1 amide bonds. The third kappa shape index (κ3) is 3.30. The Morgan fingerprint density at radius 1 is 1.33 bits per heavy atom. The van der Waals surface area contributed by atoms with E-state index in [4.69, 9.17) is 4.74 Å². The number of methoxy groups -OCH3 is 1. The van der Waals surface area contributed by atoms with Crippen molar-refractivity contribution in [3.05, 3.63) is 51.6 Å². The van der Waals surface area contributed by atoms with Gasteiger partial charge in [-0.05, 0) is 32.0 Å². The Morgan fingerprint density at radius 2 is 2.12 bits per heavy atom. The molecule has 0 radical (unpaired) electrons. The molecule has 3 rings (SSSR count). The van der Waals surface area contributed by atoms with Crippen LogP contribution in [0.25, 0.3) is 11.3 Å². The molecule has 0 saturated heterocycles. The second-order valence-corrected chi connectivity index (χ2v) is 6.58. The summed E-state index contributed by atoms with van der Waals surface area (Å²) >= 11 is 1.59. The van der Waals surface area contributed by atoms with E-state index in [0.29, 0.717) is 23.7 Å². The third-order valence-corrected chi connectivity index (χ3v) is 4.69. The van der Waals surface area contributed by atoms with Gasteiger partial charge in [-0.25, -0.2) is 4.98 Å². The average molecular weight is 342 g/mol. The molecule has 0 bridgehead atoms. The molecule has 0 aliphatic rings. The van der Waals surface area contributed by atoms with Crippen LogP contribution in [0.4, 0.5) is 0 Å². The Bertz CT molecular complexity index is 869. The minimum atomic E-state index is -0.200.